The molecule has 1 rings (SSSR count). The molecule has 1 aromatic rings. The Hall–Kier alpha value is -1.62. The Bertz CT molecular complexity index is 396. The molecule has 0 saturated carbocycles. The predicted octanol–water partition coefficient (Wildman–Crippen LogP) is 2.98. The summed E-state index contributed by atoms with van der Waals surface area (Å²) in [6, 6.07) is 9.46. The zero-order valence-electron chi connectivity index (χ0n) is 9.37. The Morgan fingerprint density at radius 2 is 1.87 bits per heavy atom. The summed E-state index contributed by atoms with van der Waals surface area (Å²) < 4.78 is 0. The third kappa shape index (κ3) is 2.44. The van der Waals surface area contributed by atoms with Crippen LogP contribution in [0.3, 0.4) is 0 Å². The van der Waals surface area contributed by atoms with Gasteiger partial charge in [0.1, 0.15) is 5.41 Å². The van der Waals surface area contributed by atoms with Crippen molar-refractivity contribution in [2.45, 2.75) is 27.2 Å². The Kier molecular flexibility index (Phi) is 3.26. The lowest BCUT2D eigenvalue weighted by atomic mass is 9.85. The molecule has 0 saturated heterocycles. The lowest BCUT2D eigenvalue weighted by molar-refractivity contribution is 0.0892. The Balaban J connectivity index is 2.99. The smallest absolute Gasteiger partial charge is 0.182 e. The number of carbonyl (C=O) groups excluding carboxylic acids is 1. The number of nitriles is 1. The summed E-state index contributed by atoms with van der Waals surface area (Å²) in [4.78, 5) is 11.9. The van der Waals surface area contributed by atoms with E-state index in [4.69, 9.17) is 5.26 Å². The number of benzene rings is 1. The van der Waals surface area contributed by atoms with Crippen LogP contribution in [0.2, 0.25) is 0 Å². The SMILES string of the molecule is CCc1ccc(C(=O)C(C)(C)C#N)cc1. The fraction of sp³-hybridized carbons (Fsp3) is 0.385. The highest BCUT2D eigenvalue weighted by molar-refractivity contribution is 6.01. The normalized spacial score (nSPS) is 10.8. The lowest BCUT2D eigenvalue weighted by Gasteiger charge is -2.13. The van der Waals surface area contributed by atoms with Gasteiger partial charge in [-0.3, -0.25) is 4.79 Å². The van der Waals surface area contributed by atoms with E-state index in [2.05, 4.69) is 6.92 Å². The predicted molar refractivity (Wildman–Crippen MR) is 59.5 cm³/mol. The Morgan fingerprint density at radius 1 is 1.33 bits per heavy atom. The molecule has 2 nitrogen and oxygen atoms in total. The van der Waals surface area contributed by atoms with E-state index >= 15 is 0 Å². The van der Waals surface area contributed by atoms with E-state index in [0.29, 0.717) is 5.56 Å². The number of carbonyl (C=O) groups is 1. The average Bonchev–Trinajstić information content (AvgIpc) is 2.28. The van der Waals surface area contributed by atoms with Gasteiger partial charge < -0.3 is 0 Å². The minimum Gasteiger partial charge on any atom is -0.292 e. The minimum atomic E-state index is -0.937. The summed E-state index contributed by atoms with van der Waals surface area (Å²) in [5.74, 6) is -0.118. The molecule has 0 fully saturated rings. The first kappa shape index (κ1) is 11.5. The second kappa shape index (κ2) is 4.27. The molecule has 0 aliphatic rings. The standard InChI is InChI=1S/C13H15NO/c1-4-10-5-7-11(8-6-10)12(15)13(2,3)9-14/h5-8H,4H2,1-3H3. The first-order valence-corrected chi connectivity index (χ1v) is 5.06. The third-order valence-electron chi connectivity index (χ3n) is 2.47. The van der Waals surface area contributed by atoms with Crippen molar-refractivity contribution in [1.82, 2.24) is 0 Å². The summed E-state index contributed by atoms with van der Waals surface area (Å²) in [6.45, 7) is 5.35. The van der Waals surface area contributed by atoms with Gasteiger partial charge >= 0.3 is 0 Å². The maximum Gasteiger partial charge on any atom is 0.182 e. The van der Waals surface area contributed by atoms with Crippen LogP contribution < -0.4 is 0 Å². The van der Waals surface area contributed by atoms with Crippen molar-refractivity contribution in [3.63, 3.8) is 0 Å². The van der Waals surface area contributed by atoms with Crippen molar-refractivity contribution in [1.29, 1.82) is 5.26 Å². The number of hydrogen-bond acceptors (Lipinski definition) is 2. The van der Waals surface area contributed by atoms with Crippen LogP contribution in [0, 0.1) is 16.7 Å². The number of ketones is 1. The first-order chi connectivity index (χ1) is 7.01. The molecule has 0 atom stereocenters. The summed E-state index contributed by atoms with van der Waals surface area (Å²) >= 11 is 0. The maximum absolute atomic E-state index is 11.9. The van der Waals surface area contributed by atoms with Gasteiger partial charge in [0.2, 0.25) is 0 Å². The van der Waals surface area contributed by atoms with Gasteiger partial charge in [-0.05, 0) is 25.8 Å². The molecule has 0 unspecified atom stereocenters. The van der Waals surface area contributed by atoms with Crippen LogP contribution in [-0.4, -0.2) is 5.78 Å². The zero-order chi connectivity index (χ0) is 11.5. The van der Waals surface area contributed by atoms with Crippen LogP contribution in [0.5, 0.6) is 0 Å². The molecule has 0 aliphatic heterocycles. The second-order valence-corrected chi connectivity index (χ2v) is 4.12. The Labute approximate surface area is 90.5 Å². The van der Waals surface area contributed by atoms with Crippen molar-refractivity contribution in [2.75, 3.05) is 0 Å². The molecular weight excluding hydrogens is 186 g/mol. The summed E-state index contributed by atoms with van der Waals surface area (Å²) in [5.41, 5.74) is 0.869. The zero-order valence-corrected chi connectivity index (χ0v) is 9.37. The summed E-state index contributed by atoms with van der Waals surface area (Å²) in [5, 5.41) is 8.86. The number of rotatable bonds is 3. The van der Waals surface area contributed by atoms with Crippen molar-refractivity contribution >= 4 is 5.78 Å². The highest BCUT2D eigenvalue weighted by Gasteiger charge is 2.27. The highest BCUT2D eigenvalue weighted by Crippen LogP contribution is 2.20. The van der Waals surface area contributed by atoms with Crippen LogP contribution in [0.25, 0.3) is 0 Å². The van der Waals surface area contributed by atoms with E-state index in [1.165, 1.54) is 5.56 Å². The van der Waals surface area contributed by atoms with Gasteiger partial charge in [0.15, 0.2) is 5.78 Å². The fourth-order valence-corrected chi connectivity index (χ4v) is 1.30. The fourth-order valence-electron chi connectivity index (χ4n) is 1.30. The van der Waals surface area contributed by atoms with Crippen LogP contribution in [-0.2, 0) is 6.42 Å². The molecule has 0 aliphatic carbocycles. The van der Waals surface area contributed by atoms with Crippen LogP contribution in [0.1, 0.15) is 36.7 Å². The minimum absolute atomic E-state index is 0.118. The van der Waals surface area contributed by atoms with Gasteiger partial charge in [0.25, 0.3) is 0 Å². The average molecular weight is 201 g/mol. The molecular formula is C13H15NO. The van der Waals surface area contributed by atoms with E-state index in [-0.39, 0.29) is 5.78 Å². The monoisotopic (exact) mass is 201 g/mol. The van der Waals surface area contributed by atoms with Crippen molar-refractivity contribution in [2.24, 2.45) is 5.41 Å². The molecule has 0 amide bonds. The number of nitrogens with zero attached hydrogens (tertiary/aromatic N) is 1. The highest BCUT2D eigenvalue weighted by atomic mass is 16.1. The van der Waals surface area contributed by atoms with Gasteiger partial charge in [-0.15, -0.1) is 0 Å². The molecule has 1 aromatic carbocycles. The van der Waals surface area contributed by atoms with E-state index in [0.717, 1.165) is 6.42 Å². The maximum atomic E-state index is 11.9. The molecule has 0 aromatic heterocycles. The van der Waals surface area contributed by atoms with Gasteiger partial charge in [-0.25, -0.2) is 0 Å². The largest absolute Gasteiger partial charge is 0.292 e. The lowest BCUT2D eigenvalue weighted by Crippen LogP contribution is -2.22. The summed E-state index contributed by atoms with van der Waals surface area (Å²) in [6.07, 6.45) is 0.954. The van der Waals surface area contributed by atoms with Gasteiger partial charge in [-0.1, -0.05) is 31.2 Å². The first-order valence-electron chi connectivity index (χ1n) is 5.06. The van der Waals surface area contributed by atoms with Gasteiger partial charge in [0.05, 0.1) is 6.07 Å². The van der Waals surface area contributed by atoms with Gasteiger partial charge in [-0.2, -0.15) is 5.26 Å². The Morgan fingerprint density at radius 3 is 2.27 bits per heavy atom. The molecule has 78 valence electrons. The number of aryl methyl sites for hydroxylation is 1. The molecule has 15 heavy (non-hydrogen) atoms. The van der Waals surface area contributed by atoms with Crippen molar-refractivity contribution < 1.29 is 4.79 Å². The third-order valence-corrected chi connectivity index (χ3v) is 2.47. The second-order valence-electron chi connectivity index (χ2n) is 4.12. The summed E-state index contributed by atoms with van der Waals surface area (Å²) in [7, 11) is 0. The van der Waals surface area contributed by atoms with Crippen molar-refractivity contribution in [3.8, 4) is 6.07 Å². The quantitative estimate of drug-likeness (QED) is 0.705. The molecule has 0 heterocycles. The van der Waals surface area contributed by atoms with E-state index in [9.17, 15) is 4.79 Å². The molecule has 0 bridgehead atoms. The van der Waals surface area contributed by atoms with Crippen LogP contribution in [0.15, 0.2) is 24.3 Å². The number of hydrogen-bond donors (Lipinski definition) is 0. The molecule has 2 heteroatoms. The molecule has 0 radical (unpaired) electrons. The van der Waals surface area contributed by atoms with Gasteiger partial charge in [0, 0.05) is 5.56 Å². The van der Waals surface area contributed by atoms with Crippen LogP contribution in [0.4, 0.5) is 0 Å². The molecule has 0 spiro atoms. The van der Waals surface area contributed by atoms with E-state index in [1.54, 1.807) is 26.0 Å². The van der Waals surface area contributed by atoms with Crippen LogP contribution >= 0.6 is 0 Å². The topological polar surface area (TPSA) is 40.9 Å². The number of Topliss-reactive ketones (excluding diaryl/α,β-unsaturated/α-hetero) is 1. The molecule has 0 N–H and O–H groups in total. The van der Waals surface area contributed by atoms with E-state index in [1.807, 2.05) is 18.2 Å². The van der Waals surface area contributed by atoms with E-state index < -0.39 is 5.41 Å². The van der Waals surface area contributed by atoms with Crippen molar-refractivity contribution in [3.05, 3.63) is 35.4 Å².